The van der Waals surface area contributed by atoms with E-state index in [1.54, 1.807) is 30.6 Å². The zero-order valence-electron chi connectivity index (χ0n) is 16.8. The number of hydrogen-bond acceptors (Lipinski definition) is 5. The van der Waals surface area contributed by atoms with Gasteiger partial charge in [-0.15, -0.1) is 10.2 Å². The van der Waals surface area contributed by atoms with Gasteiger partial charge in [0.15, 0.2) is 11.0 Å². The second-order valence-electron chi connectivity index (χ2n) is 6.82. The first-order valence-electron chi connectivity index (χ1n) is 9.72. The average molecular weight is 450 g/mol. The summed E-state index contributed by atoms with van der Waals surface area (Å²) in [4.78, 5) is 16.4. The molecule has 0 saturated carbocycles. The quantitative estimate of drug-likeness (QED) is 0.382. The van der Waals surface area contributed by atoms with Gasteiger partial charge in [0.2, 0.25) is 5.91 Å². The first kappa shape index (κ1) is 21.1. The lowest BCUT2D eigenvalue weighted by Crippen LogP contribution is -2.12. The van der Waals surface area contributed by atoms with Gasteiger partial charge in [-0.1, -0.05) is 47.6 Å². The van der Waals surface area contributed by atoms with E-state index < -0.39 is 0 Å². The van der Waals surface area contributed by atoms with Crippen molar-refractivity contribution in [2.45, 2.75) is 18.5 Å². The van der Waals surface area contributed by atoms with Gasteiger partial charge in [-0.3, -0.25) is 14.3 Å². The number of carbonyl (C=O) groups is 1. The van der Waals surface area contributed by atoms with E-state index in [0.29, 0.717) is 22.9 Å². The molecule has 156 valence electrons. The number of carbonyl (C=O) groups excluding carboxylic acids is 1. The molecule has 0 bridgehead atoms. The number of aryl methyl sites for hydroxylation is 1. The van der Waals surface area contributed by atoms with E-state index in [2.05, 4.69) is 33.5 Å². The third-order valence-corrected chi connectivity index (χ3v) is 5.76. The van der Waals surface area contributed by atoms with Crippen LogP contribution in [0.4, 0.5) is 5.69 Å². The molecule has 4 aromatic rings. The summed E-state index contributed by atoms with van der Waals surface area (Å²) in [5, 5.41) is 13.0. The lowest BCUT2D eigenvalue weighted by molar-refractivity contribution is -0.115. The van der Waals surface area contributed by atoms with Gasteiger partial charge >= 0.3 is 0 Å². The summed E-state index contributed by atoms with van der Waals surface area (Å²) >= 11 is 7.47. The number of nitrogens with one attached hydrogen (secondary N) is 1. The van der Waals surface area contributed by atoms with Crippen LogP contribution in [0.2, 0.25) is 5.02 Å². The highest BCUT2D eigenvalue weighted by Crippen LogP contribution is 2.29. The molecule has 0 unspecified atom stereocenters. The monoisotopic (exact) mass is 449 g/mol. The van der Waals surface area contributed by atoms with Crippen LogP contribution in [0.15, 0.2) is 78.2 Å². The highest BCUT2D eigenvalue weighted by molar-refractivity contribution is 7.99. The number of pyridine rings is 1. The maximum Gasteiger partial charge on any atom is 0.225 e. The Morgan fingerprint density at radius 2 is 1.87 bits per heavy atom. The number of hydrogen-bond donors (Lipinski definition) is 1. The summed E-state index contributed by atoms with van der Waals surface area (Å²) in [6.45, 7) is 2.05. The minimum absolute atomic E-state index is 0.0777. The number of anilines is 1. The van der Waals surface area contributed by atoms with Crippen LogP contribution in [-0.4, -0.2) is 31.4 Å². The molecule has 0 radical (unpaired) electrons. The molecule has 0 saturated heterocycles. The van der Waals surface area contributed by atoms with Crippen molar-refractivity contribution in [1.82, 2.24) is 19.7 Å². The molecule has 0 aliphatic rings. The fourth-order valence-corrected chi connectivity index (χ4v) is 4.18. The van der Waals surface area contributed by atoms with Gasteiger partial charge in [0.1, 0.15) is 0 Å². The van der Waals surface area contributed by atoms with Crippen molar-refractivity contribution in [2.24, 2.45) is 0 Å². The van der Waals surface area contributed by atoms with Crippen LogP contribution in [-0.2, 0) is 4.79 Å². The van der Waals surface area contributed by atoms with Crippen molar-refractivity contribution >= 4 is 35.0 Å². The van der Waals surface area contributed by atoms with Crippen molar-refractivity contribution in [2.75, 3.05) is 11.1 Å². The van der Waals surface area contributed by atoms with E-state index in [1.807, 2.05) is 41.0 Å². The van der Waals surface area contributed by atoms with Gasteiger partial charge in [0.25, 0.3) is 0 Å². The van der Waals surface area contributed by atoms with Crippen LogP contribution in [0, 0.1) is 6.92 Å². The highest BCUT2D eigenvalue weighted by Gasteiger charge is 2.17. The Kier molecular flexibility index (Phi) is 6.64. The van der Waals surface area contributed by atoms with Gasteiger partial charge in [-0.2, -0.15) is 0 Å². The summed E-state index contributed by atoms with van der Waals surface area (Å²) in [6, 6.07) is 19.0. The van der Waals surface area contributed by atoms with Crippen LogP contribution >= 0.6 is 23.4 Å². The van der Waals surface area contributed by atoms with Crippen molar-refractivity contribution in [3.63, 3.8) is 0 Å². The van der Waals surface area contributed by atoms with Crippen LogP contribution in [0.25, 0.3) is 17.1 Å². The molecule has 0 spiro atoms. The number of nitrogens with zero attached hydrogens (tertiary/aromatic N) is 4. The smallest absolute Gasteiger partial charge is 0.225 e. The Balaban J connectivity index is 1.53. The van der Waals surface area contributed by atoms with Crippen LogP contribution in [0.1, 0.15) is 12.0 Å². The molecule has 8 heteroatoms. The number of aromatic nitrogens is 4. The first-order chi connectivity index (χ1) is 15.1. The van der Waals surface area contributed by atoms with E-state index in [1.165, 1.54) is 11.8 Å². The summed E-state index contributed by atoms with van der Waals surface area (Å²) in [7, 11) is 0. The van der Waals surface area contributed by atoms with Gasteiger partial charge in [-0.05, 0) is 48.9 Å². The summed E-state index contributed by atoms with van der Waals surface area (Å²) in [5.41, 5.74) is 3.73. The largest absolute Gasteiger partial charge is 0.326 e. The number of amides is 1. The maximum absolute atomic E-state index is 12.3. The summed E-state index contributed by atoms with van der Waals surface area (Å²) < 4.78 is 2.03. The fraction of sp³-hybridized carbons (Fsp3) is 0.130. The third kappa shape index (κ3) is 5.13. The number of rotatable bonds is 7. The fourth-order valence-electron chi connectivity index (χ4n) is 3.11. The first-order valence-corrected chi connectivity index (χ1v) is 11.1. The Morgan fingerprint density at radius 3 is 2.65 bits per heavy atom. The predicted molar refractivity (Wildman–Crippen MR) is 125 cm³/mol. The lowest BCUT2D eigenvalue weighted by atomic mass is 10.2. The maximum atomic E-state index is 12.3. The molecule has 1 amide bonds. The van der Waals surface area contributed by atoms with E-state index in [4.69, 9.17) is 11.6 Å². The minimum Gasteiger partial charge on any atom is -0.326 e. The third-order valence-electron chi connectivity index (χ3n) is 4.60. The molecule has 0 aliphatic carbocycles. The standard InChI is InChI=1S/C23H20ClN5OS/c1-16-5-2-3-8-20(16)29-22(17-9-12-25-13-10-17)27-28-23(29)31-14-11-21(30)26-19-7-4-6-18(24)15-19/h2-10,12-13,15H,11,14H2,1H3,(H,26,30). The van der Waals surface area contributed by atoms with Crippen LogP contribution in [0.5, 0.6) is 0 Å². The van der Waals surface area contributed by atoms with E-state index in [9.17, 15) is 4.79 Å². The SMILES string of the molecule is Cc1ccccc1-n1c(SCCC(=O)Nc2cccc(Cl)c2)nnc1-c1ccncc1. The molecule has 0 aliphatic heterocycles. The Bertz CT molecular complexity index is 1200. The predicted octanol–water partition coefficient (Wildman–Crippen LogP) is 5.41. The Labute approximate surface area is 189 Å². The molecule has 0 fully saturated rings. The normalized spacial score (nSPS) is 10.8. The van der Waals surface area contributed by atoms with E-state index in [-0.39, 0.29) is 5.91 Å². The lowest BCUT2D eigenvalue weighted by Gasteiger charge is -2.12. The van der Waals surface area contributed by atoms with Crippen molar-refractivity contribution < 1.29 is 4.79 Å². The second-order valence-corrected chi connectivity index (χ2v) is 8.32. The number of halogens is 1. The zero-order chi connectivity index (χ0) is 21.6. The summed E-state index contributed by atoms with van der Waals surface area (Å²) in [5.74, 6) is 1.22. The molecule has 4 rings (SSSR count). The van der Waals surface area contributed by atoms with Crippen LogP contribution in [0.3, 0.4) is 0 Å². The number of para-hydroxylation sites is 1. The molecule has 1 N–H and O–H groups in total. The molecular formula is C23H20ClN5OS. The van der Waals surface area contributed by atoms with Crippen LogP contribution < -0.4 is 5.32 Å². The van der Waals surface area contributed by atoms with Crippen molar-refractivity contribution in [3.8, 4) is 17.1 Å². The molecular weight excluding hydrogens is 430 g/mol. The molecule has 0 atom stereocenters. The Hall–Kier alpha value is -3.16. The van der Waals surface area contributed by atoms with E-state index in [0.717, 1.165) is 27.8 Å². The van der Waals surface area contributed by atoms with Gasteiger partial charge in [0, 0.05) is 40.8 Å². The molecule has 6 nitrogen and oxygen atoms in total. The Morgan fingerprint density at radius 1 is 1.06 bits per heavy atom. The van der Waals surface area contributed by atoms with Crippen molar-refractivity contribution in [3.05, 3.63) is 83.6 Å². The second kappa shape index (κ2) is 9.76. The topological polar surface area (TPSA) is 72.7 Å². The molecule has 31 heavy (non-hydrogen) atoms. The molecule has 2 aromatic heterocycles. The van der Waals surface area contributed by atoms with E-state index >= 15 is 0 Å². The minimum atomic E-state index is -0.0777. The average Bonchev–Trinajstić information content (AvgIpc) is 3.18. The van der Waals surface area contributed by atoms with Gasteiger partial charge in [-0.25, -0.2) is 0 Å². The number of benzene rings is 2. The van der Waals surface area contributed by atoms with Gasteiger partial charge < -0.3 is 5.32 Å². The molecule has 2 aromatic carbocycles. The number of thioether (sulfide) groups is 1. The summed E-state index contributed by atoms with van der Waals surface area (Å²) in [6.07, 6.45) is 3.81. The molecule has 2 heterocycles. The van der Waals surface area contributed by atoms with Gasteiger partial charge in [0.05, 0.1) is 5.69 Å². The highest BCUT2D eigenvalue weighted by atomic mass is 35.5. The zero-order valence-corrected chi connectivity index (χ0v) is 18.4. The van der Waals surface area contributed by atoms with Crippen molar-refractivity contribution in [1.29, 1.82) is 0 Å².